The lowest BCUT2D eigenvalue weighted by atomic mass is 10.2. The number of carbonyl (C=O) groups is 1. The Morgan fingerprint density at radius 2 is 2.44 bits per heavy atom. The summed E-state index contributed by atoms with van der Waals surface area (Å²) < 4.78 is 0. The molecule has 0 rings (SSSR count). The minimum absolute atomic E-state index is 0.674. The summed E-state index contributed by atoms with van der Waals surface area (Å²) in [5.74, 6) is -1.49. The van der Waals surface area contributed by atoms with E-state index in [0.29, 0.717) is 0 Å². The molecule has 0 aromatic rings. The van der Waals surface area contributed by atoms with Gasteiger partial charge in [0.05, 0.1) is 11.4 Å². The minimum atomic E-state index is -0.817. The Balaban J connectivity index is 3.76. The van der Waals surface area contributed by atoms with Crippen LogP contribution in [0.25, 0.3) is 0 Å². The molecule has 1 atom stereocenters. The topological polar surface area (TPSA) is 82.3 Å². The fraction of sp³-hybridized carbons (Fsp3) is 0.500. The molecule has 0 spiro atoms. The summed E-state index contributed by atoms with van der Waals surface area (Å²) in [4.78, 5) is 19.7. The molecule has 0 saturated heterocycles. The number of amides is 1. The highest BCUT2D eigenvalue weighted by Crippen LogP contribution is 1.89. The van der Waals surface area contributed by atoms with Crippen LogP contribution in [0.1, 0.15) is 6.92 Å². The molecular weight excluding hydrogens is 122 g/mol. The molecule has 1 N–H and O–H groups in total. The van der Waals surface area contributed by atoms with Crippen molar-refractivity contribution < 1.29 is 4.79 Å². The summed E-state index contributed by atoms with van der Waals surface area (Å²) in [5, 5.41) is 10.2. The molecule has 0 aromatic carbocycles. The van der Waals surface area contributed by atoms with Gasteiger partial charge in [-0.25, -0.2) is 5.43 Å². The van der Waals surface area contributed by atoms with E-state index in [4.69, 9.17) is 5.26 Å². The van der Waals surface area contributed by atoms with Gasteiger partial charge < -0.3 is 0 Å². The largest absolute Gasteiger partial charge is 0.272 e. The fourth-order valence-electron chi connectivity index (χ4n) is 0.200. The van der Waals surface area contributed by atoms with Crippen molar-refractivity contribution in [2.24, 2.45) is 11.2 Å². The van der Waals surface area contributed by atoms with Gasteiger partial charge in [-0.1, -0.05) is 0 Å². The standard InChI is InChI=1S/C4H5N3O2/c1-3(2-5)4(8)6-7-9/h3H,1H3,(H,6,8,9). The normalized spacial score (nSPS) is 11.1. The predicted molar refractivity (Wildman–Crippen MR) is 28.7 cm³/mol. The Hall–Kier alpha value is -1.44. The van der Waals surface area contributed by atoms with Gasteiger partial charge in [0, 0.05) is 0 Å². The molecule has 0 aromatic heterocycles. The predicted octanol–water partition coefficient (Wildman–Crippen LogP) is -0.0563. The zero-order valence-electron chi connectivity index (χ0n) is 4.79. The summed E-state index contributed by atoms with van der Waals surface area (Å²) in [6.45, 7) is 1.38. The first-order valence-corrected chi connectivity index (χ1v) is 2.24. The van der Waals surface area contributed by atoms with Gasteiger partial charge in [0.2, 0.25) is 0 Å². The monoisotopic (exact) mass is 127 g/mol. The van der Waals surface area contributed by atoms with Gasteiger partial charge >= 0.3 is 0 Å². The minimum Gasteiger partial charge on any atom is -0.272 e. The maximum atomic E-state index is 10.3. The molecule has 0 saturated carbocycles. The van der Waals surface area contributed by atoms with E-state index >= 15 is 0 Å². The smallest absolute Gasteiger partial charge is 0.259 e. The number of nitriles is 1. The Labute approximate surface area is 51.6 Å². The van der Waals surface area contributed by atoms with E-state index in [0.717, 1.165) is 0 Å². The highest BCUT2D eigenvalue weighted by atomic mass is 16.3. The summed E-state index contributed by atoms with van der Waals surface area (Å²) in [5.41, 5.74) is 1.60. The molecular formula is C4H5N3O2. The van der Waals surface area contributed by atoms with Crippen molar-refractivity contribution in [3.05, 3.63) is 4.91 Å². The first-order chi connectivity index (χ1) is 4.22. The lowest BCUT2D eigenvalue weighted by molar-refractivity contribution is -0.122. The van der Waals surface area contributed by atoms with Gasteiger partial charge in [-0.2, -0.15) is 5.26 Å². The van der Waals surface area contributed by atoms with Crippen LogP contribution in [0.3, 0.4) is 0 Å². The van der Waals surface area contributed by atoms with E-state index in [-0.39, 0.29) is 0 Å². The Morgan fingerprint density at radius 3 is 2.78 bits per heavy atom. The average Bonchev–Trinajstić information content (AvgIpc) is 1.87. The molecule has 0 heterocycles. The third kappa shape index (κ3) is 2.39. The molecule has 0 aliphatic carbocycles. The van der Waals surface area contributed by atoms with Crippen LogP contribution in [0, 0.1) is 22.2 Å². The van der Waals surface area contributed by atoms with Crippen LogP contribution in [0.15, 0.2) is 5.29 Å². The lowest BCUT2D eigenvalue weighted by Gasteiger charge is -1.93. The number of rotatable bonds is 2. The van der Waals surface area contributed by atoms with Crippen LogP contribution in [0.5, 0.6) is 0 Å². The van der Waals surface area contributed by atoms with Crippen molar-refractivity contribution in [2.45, 2.75) is 6.92 Å². The highest BCUT2D eigenvalue weighted by molar-refractivity contribution is 5.80. The van der Waals surface area contributed by atoms with Gasteiger partial charge in [0.25, 0.3) is 5.91 Å². The third-order valence-corrected chi connectivity index (χ3v) is 0.743. The van der Waals surface area contributed by atoms with Crippen molar-refractivity contribution in [2.75, 3.05) is 0 Å². The second kappa shape index (κ2) is 3.55. The van der Waals surface area contributed by atoms with Crippen LogP contribution < -0.4 is 5.43 Å². The van der Waals surface area contributed by atoms with Crippen molar-refractivity contribution in [1.29, 1.82) is 5.26 Å². The van der Waals surface area contributed by atoms with Crippen LogP contribution >= 0.6 is 0 Å². The average molecular weight is 127 g/mol. The first-order valence-electron chi connectivity index (χ1n) is 2.24. The van der Waals surface area contributed by atoms with E-state index in [9.17, 15) is 9.70 Å². The van der Waals surface area contributed by atoms with E-state index in [1.807, 2.05) is 0 Å². The van der Waals surface area contributed by atoms with Crippen molar-refractivity contribution in [1.82, 2.24) is 5.43 Å². The van der Waals surface area contributed by atoms with Crippen molar-refractivity contribution >= 4 is 5.91 Å². The van der Waals surface area contributed by atoms with Crippen molar-refractivity contribution in [3.8, 4) is 6.07 Å². The fourth-order valence-corrected chi connectivity index (χ4v) is 0.200. The molecule has 5 heteroatoms. The number of nitrogens with zero attached hydrogens (tertiary/aromatic N) is 2. The molecule has 0 bridgehead atoms. The maximum Gasteiger partial charge on any atom is 0.259 e. The summed E-state index contributed by atoms with van der Waals surface area (Å²) in [6, 6.07) is 1.64. The number of hydrogen-bond acceptors (Lipinski definition) is 4. The van der Waals surface area contributed by atoms with Gasteiger partial charge in [-0.05, 0) is 6.92 Å². The zero-order chi connectivity index (χ0) is 7.28. The molecule has 1 unspecified atom stereocenters. The number of nitrogens with one attached hydrogen (secondary N) is 1. The molecule has 0 aliphatic rings. The highest BCUT2D eigenvalue weighted by Gasteiger charge is 2.09. The molecule has 48 valence electrons. The Bertz CT molecular complexity index is 160. The van der Waals surface area contributed by atoms with Crippen LogP contribution in [-0.2, 0) is 4.79 Å². The molecule has 1 amide bonds. The van der Waals surface area contributed by atoms with Gasteiger partial charge in [0.15, 0.2) is 0 Å². The number of carbonyl (C=O) groups excluding carboxylic acids is 1. The SMILES string of the molecule is CC(C#N)C(=O)NN=O. The molecule has 0 radical (unpaired) electrons. The van der Waals surface area contributed by atoms with E-state index in [1.54, 1.807) is 11.5 Å². The first kappa shape index (κ1) is 7.56. The third-order valence-electron chi connectivity index (χ3n) is 0.743. The van der Waals surface area contributed by atoms with Crippen molar-refractivity contribution in [3.63, 3.8) is 0 Å². The summed E-state index contributed by atoms with van der Waals surface area (Å²) >= 11 is 0. The van der Waals surface area contributed by atoms with E-state index < -0.39 is 11.8 Å². The number of hydrogen-bond donors (Lipinski definition) is 1. The Kier molecular flexibility index (Phi) is 2.98. The van der Waals surface area contributed by atoms with Gasteiger partial charge in [-0.3, -0.25) is 4.79 Å². The van der Waals surface area contributed by atoms with Gasteiger partial charge in [-0.15, -0.1) is 4.91 Å². The van der Waals surface area contributed by atoms with E-state index in [1.165, 1.54) is 6.92 Å². The summed E-state index contributed by atoms with van der Waals surface area (Å²) in [7, 11) is 0. The molecule has 0 aliphatic heterocycles. The maximum absolute atomic E-state index is 10.3. The quantitative estimate of drug-likeness (QED) is 0.416. The van der Waals surface area contributed by atoms with Gasteiger partial charge in [0.1, 0.15) is 5.92 Å². The second-order valence-electron chi connectivity index (χ2n) is 1.42. The zero-order valence-corrected chi connectivity index (χ0v) is 4.79. The second-order valence-corrected chi connectivity index (χ2v) is 1.42. The number of nitroso groups, excluding NO2 is 1. The lowest BCUT2D eigenvalue weighted by Crippen LogP contribution is -2.22. The van der Waals surface area contributed by atoms with Crippen LogP contribution in [0.2, 0.25) is 0 Å². The summed E-state index contributed by atoms with van der Waals surface area (Å²) in [6.07, 6.45) is 0. The van der Waals surface area contributed by atoms with Crippen LogP contribution in [-0.4, -0.2) is 5.91 Å². The molecule has 0 fully saturated rings. The van der Waals surface area contributed by atoms with E-state index in [2.05, 4.69) is 5.29 Å². The molecule has 9 heavy (non-hydrogen) atoms. The molecule has 5 nitrogen and oxygen atoms in total. The Morgan fingerprint density at radius 1 is 1.89 bits per heavy atom. The van der Waals surface area contributed by atoms with Crippen LogP contribution in [0.4, 0.5) is 0 Å².